The van der Waals surface area contributed by atoms with Crippen molar-refractivity contribution in [2.24, 2.45) is 0 Å². The third kappa shape index (κ3) is 3.96. The Morgan fingerprint density at radius 3 is 2.90 bits per heavy atom. The summed E-state index contributed by atoms with van der Waals surface area (Å²) in [5, 5.41) is 14.1. The molecule has 0 spiro atoms. The largest absolute Gasteiger partial charge is 0.478 e. The molecule has 1 unspecified atom stereocenters. The summed E-state index contributed by atoms with van der Waals surface area (Å²) in [6.45, 7) is 1.84. The number of aliphatic carboxylic acids is 1. The highest BCUT2D eigenvalue weighted by Crippen LogP contribution is 2.16. The molecule has 0 saturated carbocycles. The lowest BCUT2D eigenvalue weighted by Crippen LogP contribution is -2.27. The van der Waals surface area contributed by atoms with Crippen LogP contribution in [0.1, 0.15) is 33.9 Å². The van der Waals surface area contributed by atoms with Crippen LogP contribution in [-0.4, -0.2) is 27.0 Å². The van der Waals surface area contributed by atoms with Gasteiger partial charge in [-0.2, -0.15) is 0 Å². The Morgan fingerprint density at radius 1 is 1.43 bits per heavy atom. The lowest BCUT2D eigenvalue weighted by atomic mass is 10.1. The summed E-state index contributed by atoms with van der Waals surface area (Å²) in [6, 6.07) is 1.33. The maximum Gasteiger partial charge on any atom is 0.328 e. The Bertz CT molecular complexity index is 668. The predicted molar refractivity (Wildman–Crippen MR) is 78.9 cm³/mol. The van der Waals surface area contributed by atoms with Crippen LogP contribution in [0.2, 0.25) is 0 Å². The molecule has 0 aliphatic rings. The molecular formula is C14H13N3O3S. The van der Waals surface area contributed by atoms with E-state index in [1.807, 2.05) is 12.3 Å². The average molecular weight is 303 g/mol. The topological polar surface area (TPSA) is 92.2 Å². The molecular weight excluding hydrogens is 290 g/mol. The van der Waals surface area contributed by atoms with Gasteiger partial charge in [0.15, 0.2) is 0 Å². The first kappa shape index (κ1) is 14.9. The second kappa shape index (κ2) is 6.76. The molecule has 7 heteroatoms. The predicted octanol–water partition coefficient (Wildman–Crippen LogP) is 2.13. The Labute approximate surface area is 125 Å². The number of nitrogens with zero attached hydrogens (tertiary/aromatic N) is 2. The number of carboxylic acids is 1. The number of carbonyl (C=O) groups excluding carboxylic acids is 1. The number of pyridine rings is 1. The molecule has 0 aliphatic heterocycles. The fraction of sp³-hybridized carbons (Fsp3) is 0.143. The number of hydrogen-bond acceptors (Lipinski definition) is 5. The van der Waals surface area contributed by atoms with Crippen LogP contribution in [0.3, 0.4) is 0 Å². The highest BCUT2D eigenvalue weighted by atomic mass is 32.1. The van der Waals surface area contributed by atoms with Crippen LogP contribution in [0, 0.1) is 0 Å². The maximum absolute atomic E-state index is 12.3. The van der Waals surface area contributed by atoms with Crippen molar-refractivity contribution in [2.45, 2.75) is 13.0 Å². The van der Waals surface area contributed by atoms with Gasteiger partial charge in [-0.15, -0.1) is 11.3 Å². The third-order valence-electron chi connectivity index (χ3n) is 2.67. The van der Waals surface area contributed by atoms with E-state index in [1.54, 1.807) is 12.3 Å². The van der Waals surface area contributed by atoms with E-state index in [0.717, 1.165) is 11.1 Å². The van der Waals surface area contributed by atoms with Crippen molar-refractivity contribution in [3.05, 3.63) is 52.2 Å². The molecule has 0 aliphatic carbocycles. The Morgan fingerprint density at radius 2 is 2.24 bits per heavy atom. The molecule has 2 heterocycles. The lowest BCUT2D eigenvalue weighted by Gasteiger charge is -2.12. The molecule has 0 radical (unpaired) electrons. The van der Waals surface area contributed by atoms with Gasteiger partial charge in [0.2, 0.25) is 0 Å². The quantitative estimate of drug-likeness (QED) is 0.825. The van der Waals surface area contributed by atoms with Gasteiger partial charge in [0.05, 0.1) is 6.04 Å². The molecule has 0 aromatic carbocycles. The van der Waals surface area contributed by atoms with Gasteiger partial charge in [-0.3, -0.25) is 9.78 Å². The maximum atomic E-state index is 12.3. The van der Waals surface area contributed by atoms with Crippen LogP contribution >= 0.6 is 11.3 Å². The number of carboxylic acid groups (broad SMARTS) is 1. The summed E-state index contributed by atoms with van der Waals surface area (Å²) in [5.41, 5.74) is 0.814. The van der Waals surface area contributed by atoms with Gasteiger partial charge in [-0.1, -0.05) is 0 Å². The van der Waals surface area contributed by atoms with Gasteiger partial charge in [0.1, 0.15) is 5.01 Å². The fourth-order valence-corrected chi connectivity index (χ4v) is 2.34. The number of amides is 1. The molecule has 2 N–H and O–H groups in total. The van der Waals surface area contributed by atoms with Gasteiger partial charge < -0.3 is 10.4 Å². The molecule has 6 nitrogen and oxygen atoms in total. The SMILES string of the molecule is CC(NC(=O)c1ccncc1C=CC(=O)O)c1nccs1. The van der Waals surface area contributed by atoms with Crippen molar-refractivity contribution < 1.29 is 14.7 Å². The van der Waals surface area contributed by atoms with Crippen LogP contribution in [-0.2, 0) is 4.79 Å². The van der Waals surface area contributed by atoms with E-state index in [2.05, 4.69) is 15.3 Å². The minimum Gasteiger partial charge on any atom is -0.478 e. The molecule has 1 atom stereocenters. The smallest absolute Gasteiger partial charge is 0.328 e. The standard InChI is InChI=1S/C14H13N3O3S/c1-9(14-16-6-7-21-14)17-13(20)11-4-5-15-8-10(11)2-3-12(18)19/h2-9H,1H3,(H,17,20)(H,18,19). The van der Waals surface area contributed by atoms with Crippen molar-refractivity contribution in [3.63, 3.8) is 0 Å². The fourth-order valence-electron chi connectivity index (χ4n) is 1.69. The summed E-state index contributed by atoms with van der Waals surface area (Å²) >= 11 is 1.46. The normalized spacial score (nSPS) is 12.2. The van der Waals surface area contributed by atoms with E-state index >= 15 is 0 Å². The summed E-state index contributed by atoms with van der Waals surface area (Å²) in [7, 11) is 0. The minimum absolute atomic E-state index is 0.220. The van der Waals surface area contributed by atoms with Crippen molar-refractivity contribution in [2.75, 3.05) is 0 Å². The van der Waals surface area contributed by atoms with Crippen LogP contribution < -0.4 is 5.32 Å². The van der Waals surface area contributed by atoms with E-state index in [1.165, 1.54) is 29.8 Å². The van der Waals surface area contributed by atoms with Crippen molar-refractivity contribution in [1.29, 1.82) is 0 Å². The molecule has 21 heavy (non-hydrogen) atoms. The van der Waals surface area contributed by atoms with Crippen LogP contribution in [0.4, 0.5) is 0 Å². The van der Waals surface area contributed by atoms with Crippen LogP contribution in [0.15, 0.2) is 36.1 Å². The summed E-state index contributed by atoms with van der Waals surface area (Å²) in [6.07, 6.45) is 6.93. The zero-order valence-electron chi connectivity index (χ0n) is 11.2. The zero-order valence-corrected chi connectivity index (χ0v) is 12.0. The number of rotatable bonds is 5. The summed E-state index contributed by atoms with van der Waals surface area (Å²) in [5.74, 6) is -1.38. The molecule has 0 saturated heterocycles. The molecule has 0 bridgehead atoms. The average Bonchev–Trinajstić information content (AvgIpc) is 2.99. The first-order valence-corrected chi connectivity index (χ1v) is 7.01. The van der Waals surface area contributed by atoms with Gasteiger partial charge in [-0.05, 0) is 19.1 Å². The highest BCUT2D eigenvalue weighted by molar-refractivity contribution is 7.09. The molecule has 2 rings (SSSR count). The van der Waals surface area contributed by atoms with E-state index in [9.17, 15) is 9.59 Å². The van der Waals surface area contributed by atoms with Crippen molar-refractivity contribution in [3.8, 4) is 0 Å². The van der Waals surface area contributed by atoms with E-state index in [0.29, 0.717) is 11.1 Å². The number of thiazole rings is 1. The molecule has 2 aromatic rings. The van der Waals surface area contributed by atoms with Gasteiger partial charge in [0.25, 0.3) is 5.91 Å². The van der Waals surface area contributed by atoms with Gasteiger partial charge >= 0.3 is 5.97 Å². The zero-order chi connectivity index (χ0) is 15.2. The lowest BCUT2D eigenvalue weighted by molar-refractivity contribution is -0.131. The van der Waals surface area contributed by atoms with Gasteiger partial charge in [0, 0.05) is 41.2 Å². The van der Waals surface area contributed by atoms with E-state index in [4.69, 9.17) is 5.11 Å². The van der Waals surface area contributed by atoms with Crippen LogP contribution in [0.5, 0.6) is 0 Å². The second-order valence-electron chi connectivity index (χ2n) is 4.20. The van der Waals surface area contributed by atoms with E-state index in [-0.39, 0.29) is 11.9 Å². The van der Waals surface area contributed by atoms with Crippen molar-refractivity contribution >= 4 is 29.3 Å². The third-order valence-corrected chi connectivity index (χ3v) is 3.63. The number of carbonyl (C=O) groups is 2. The molecule has 108 valence electrons. The summed E-state index contributed by atoms with van der Waals surface area (Å²) < 4.78 is 0. The Kier molecular flexibility index (Phi) is 4.78. The molecule has 0 fully saturated rings. The number of aromatic nitrogens is 2. The van der Waals surface area contributed by atoms with Crippen LogP contribution in [0.25, 0.3) is 6.08 Å². The van der Waals surface area contributed by atoms with Gasteiger partial charge in [-0.25, -0.2) is 9.78 Å². The first-order chi connectivity index (χ1) is 10.1. The van der Waals surface area contributed by atoms with E-state index < -0.39 is 5.97 Å². The monoisotopic (exact) mass is 303 g/mol. The number of hydrogen-bond donors (Lipinski definition) is 2. The second-order valence-corrected chi connectivity index (χ2v) is 5.13. The summed E-state index contributed by atoms with van der Waals surface area (Å²) in [4.78, 5) is 30.9. The molecule has 2 aromatic heterocycles. The molecule has 1 amide bonds. The minimum atomic E-state index is -1.08. The highest BCUT2D eigenvalue weighted by Gasteiger charge is 2.15. The van der Waals surface area contributed by atoms with Crippen molar-refractivity contribution in [1.82, 2.24) is 15.3 Å². The first-order valence-electron chi connectivity index (χ1n) is 6.13. The number of nitrogens with one attached hydrogen (secondary N) is 1. The Balaban J connectivity index is 2.17. The Hall–Kier alpha value is -2.54.